The SMILES string of the molecule is CN(CC(=O)N1CCCN(Cc2ccncc2)CC1)S(=O)(=O)c1ccccc1. The quantitative estimate of drug-likeness (QED) is 0.731. The molecule has 1 aliphatic rings. The zero-order chi connectivity index (χ0) is 20.0. The number of carbonyl (C=O) groups is 1. The minimum absolute atomic E-state index is 0.151. The molecule has 1 fully saturated rings. The molecule has 1 saturated heterocycles. The summed E-state index contributed by atoms with van der Waals surface area (Å²) in [5.41, 5.74) is 1.20. The molecule has 1 aromatic carbocycles. The number of nitrogens with zero attached hydrogens (tertiary/aromatic N) is 4. The van der Waals surface area contributed by atoms with Crippen LogP contribution < -0.4 is 0 Å². The molecule has 8 heteroatoms. The fourth-order valence-electron chi connectivity index (χ4n) is 3.27. The van der Waals surface area contributed by atoms with Crippen LogP contribution in [0.3, 0.4) is 0 Å². The molecule has 0 N–H and O–H groups in total. The summed E-state index contributed by atoms with van der Waals surface area (Å²) >= 11 is 0. The highest BCUT2D eigenvalue weighted by Gasteiger charge is 2.26. The Labute approximate surface area is 166 Å². The van der Waals surface area contributed by atoms with Crippen molar-refractivity contribution in [2.24, 2.45) is 0 Å². The minimum atomic E-state index is -3.66. The van der Waals surface area contributed by atoms with Crippen LogP contribution in [0.5, 0.6) is 0 Å². The second-order valence-corrected chi connectivity index (χ2v) is 8.98. The van der Waals surface area contributed by atoms with E-state index in [1.54, 1.807) is 47.6 Å². The van der Waals surface area contributed by atoms with Crippen LogP contribution in [0.15, 0.2) is 59.8 Å². The minimum Gasteiger partial charge on any atom is -0.340 e. The largest absolute Gasteiger partial charge is 0.340 e. The molecule has 0 aliphatic carbocycles. The van der Waals surface area contributed by atoms with Gasteiger partial charge in [-0.15, -0.1) is 0 Å². The molecule has 3 rings (SSSR count). The smallest absolute Gasteiger partial charge is 0.243 e. The van der Waals surface area contributed by atoms with Crippen molar-refractivity contribution in [2.45, 2.75) is 17.9 Å². The van der Waals surface area contributed by atoms with E-state index in [0.29, 0.717) is 13.1 Å². The Kier molecular flexibility index (Phi) is 6.77. The summed E-state index contributed by atoms with van der Waals surface area (Å²) in [5.74, 6) is -0.159. The second-order valence-electron chi connectivity index (χ2n) is 6.94. The summed E-state index contributed by atoms with van der Waals surface area (Å²) in [4.78, 5) is 21.0. The third-order valence-electron chi connectivity index (χ3n) is 4.91. The number of pyridine rings is 1. The highest BCUT2D eigenvalue weighted by atomic mass is 32.2. The van der Waals surface area contributed by atoms with Gasteiger partial charge in [0.2, 0.25) is 15.9 Å². The van der Waals surface area contributed by atoms with E-state index in [-0.39, 0.29) is 17.3 Å². The van der Waals surface area contributed by atoms with Gasteiger partial charge in [-0.3, -0.25) is 14.7 Å². The van der Waals surface area contributed by atoms with Gasteiger partial charge >= 0.3 is 0 Å². The Morgan fingerprint density at radius 1 is 1.04 bits per heavy atom. The van der Waals surface area contributed by atoms with E-state index < -0.39 is 10.0 Å². The number of benzene rings is 1. The van der Waals surface area contributed by atoms with Crippen molar-refractivity contribution in [1.29, 1.82) is 0 Å². The van der Waals surface area contributed by atoms with Crippen LogP contribution in [0.1, 0.15) is 12.0 Å². The summed E-state index contributed by atoms with van der Waals surface area (Å²) in [5, 5.41) is 0. The molecular weight excluding hydrogens is 376 g/mol. The van der Waals surface area contributed by atoms with E-state index in [0.717, 1.165) is 30.4 Å². The zero-order valence-corrected chi connectivity index (χ0v) is 16.9. The standard InChI is InChI=1S/C20H26N4O3S/c1-22(28(26,27)19-6-3-2-4-7-19)17-20(25)24-13-5-12-23(14-15-24)16-18-8-10-21-11-9-18/h2-4,6-11H,5,12-17H2,1H3. The van der Waals surface area contributed by atoms with E-state index in [4.69, 9.17) is 0 Å². The van der Waals surface area contributed by atoms with Crippen LogP contribution in [0.2, 0.25) is 0 Å². The third kappa shape index (κ3) is 5.15. The van der Waals surface area contributed by atoms with Gasteiger partial charge in [0.15, 0.2) is 0 Å². The van der Waals surface area contributed by atoms with Crippen LogP contribution in [0.25, 0.3) is 0 Å². The third-order valence-corrected chi connectivity index (χ3v) is 6.72. The Bertz CT molecular complexity index is 875. The van der Waals surface area contributed by atoms with E-state index in [9.17, 15) is 13.2 Å². The van der Waals surface area contributed by atoms with Gasteiger partial charge in [-0.25, -0.2) is 8.42 Å². The Morgan fingerprint density at radius 3 is 2.46 bits per heavy atom. The van der Waals surface area contributed by atoms with E-state index in [2.05, 4.69) is 9.88 Å². The van der Waals surface area contributed by atoms with E-state index in [1.807, 2.05) is 12.1 Å². The zero-order valence-electron chi connectivity index (χ0n) is 16.1. The lowest BCUT2D eigenvalue weighted by Crippen LogP contribution is -2.42. The van der Waals surface area contributed by atoms with Crippen molar-refractivity contribution >= 4 is 15.9 Å². The van der Waals surface area contributed by atoms with Crippen LogP contribution in [-0.2, 0) is 21.4 Å². The molecule has 1 aliphatic heterocycles. The molecule has 28 heavy (non-hydrogen) atoms. The van der Waals surface area contributed by atoms with Gasteiger partial charge in [-0.1, -0.05) is 18.2 Å². The lowest BCUT2D eigenvalue weighted by Gasteiger charge is -2.24. The van der Waals surface area contributed by atoms with Crippen molar-refractivity contribution in [2.75, 3.05) is 39.8 Å². The summed E-state index contributed by atoms with van der Waals surface area (Å²) in [6, 6.07) is 12.2. The first-order valence-corrected chi connectivity index (χ1v) is 10.8. The first-order valence-electron chi connectivity index (χ1n) is 9.37. The molecule has 1 aromatic heterocycles. The second kappa shape index (κ2) is 9.27. The monoisotopic (exact) mass is 402 g/mol. The van der Waals surface area contributed by atoms with Crippen LogP contribution in [-0.4, -0.2) is 73.2 Å². The predicted octanol–water partition coefficient (Wildman–Crippen LogP) is 1.44. The number of sulfonamides is 1. The van der Waals surface area contributed by atoms with Gasteiger partial charge in [0.25, 0.3) is 0 Å². The van der Waals surface area contributed by atoms with Crippen molar-refractivity contribution in [3.8, 4) is 0 Å². The van der Waals surface area contributed by atoms with Crippen LogP contribution in [0, 0.1) is 0 Å². The molecule has 0 radical (unpaired) electrons. The number of rotatable bonds is 6. The summed E-state index contributed by atoms with van der Waals surface area (Å²) in [6.45, 7) is 3.59. The molecule has 0 spiro atoms. The molecule has 150 valence electrons. The fourth-order valence-corrected chi connectivity index (χ4v) is 4.41. The normalized spacial score (nSPS) is 16.1. The molecular formula is C20H26N4O3S. The number of carbonyl (C=O) groups excluding carboxylic acids is 1. The molecule has 0 bridgehead atoms. The van der Waals surface area contributed by atoms with E-state index in [1.165, 1.54) is 12.6 Å². The predicted molar refractivity (Wildman–Crippen MR) is 107 cm³/mol. The van der Waals surface area contributed by atoms with Crippen molar-refractivity contribution in [3.63, 3.8) is 0 Å². The molecule has 7 nitrogen and oxygen atoms in total. The number of amides is 1. The van der Waals surface area contributed by atoms with Crippen molar-refractivity contribution in [1.82, 2.24) is 19.1 Å². The van der Waals surface area contributed by atoms with Gasteiger partial charge in [-0.05, 0) is 36.2 Å². The Balaban J connectivity index is 1.56. The summed E-state index contributed by atoms with van der Waals surface area (Å²) < 4.78 is 26.4. The average molecular weight is 403 g/mol. The molecule has 1 amide bonds. The summed E-state index contributed by atoms with van der Waals surface area (Å²) in [6.07, 6.45) is 4.43. The van der Waals surface area contributed by atoms with Crippen LogP contribution in [0.4, 0.5) is 0 Å². The lowest BCUT2D eigenvalue weighted by atomic mass is 10.2. The fraction of sp³-hybridized carbons (Fsp3) is 0.400. The number of hydrogen-bond acceptors (Lipinski definition) is 5. The van der Waals surface area contributed by atoms with Crippen molar-refractivity contribution in [3.05, 3.63) is 60.4 Å². The average Bonchev–Trinajstić information content (AvgIpc) is 2.95. The van der Waals surface area contributed by atoms with Gasteiger partial charge in [0, 0.05) is 52.2 Å². The Hall–Kier alpha value is -2.29. The van der Waals surface area contributed by atoms with Crippen molar-refractivity contribution < 1.29 is 13.2 Å². The topological polar surface area (TPSA) is 73.8 Å². The first kappa shape index (κ1) is 20.4. The van der Waals surface area contributed by atoms with Crippen LogP contribution >= 0.6 is 0 Å². The Morgan fingerprint density at radius 2 is 1.75 bits per heavy atom. The summed E-state index contributed by atoms with van der Waals surface area (Å²) in [7, 11) is -2.21. The maximum absolute atomic E-state index is 12.7. The number of hydrogen-bond donors (Lipinski definition) is 0. The highest BCUT2D eigenvalue weighted by Crippen LogP contribution is 2.14. The number of aromatic nitrogens is 1. The molecule has 2 heterocycles. The number of likely N-dealkylation sites (N-methyl/N-ethyl adjacent to an activating group) is 1. The van der Waals surface area contributed by atoms with Gasteiger partial charge in [-0.2, -0.15) is 4.31 Å². The van der Waals surface area contributed by atoms with Gasteiger partial charge in [0.05, 0.1) is 11.4 Å². The maximum Gasteiger partial charge on any atom is 0.243 e. The van der Waals surface area contributed by atoms with Gasteiger partial charge in [0.1, 0.15) is 0 Å². The van der Waals surface area contributed by atoms with E-state index >= 15 is 0 Å². The molecule has 0 saturated carbocycles. The maximum atomic E-state index is 12.7. The molecule has 0 atom stereocenters. The van der Waals surface area contributed by atoms with Gasteiger partial charge < -0.3 is 4.90 Å². The molecule has 0 unspecified atom stereocenters. The highest BCUT2D eigenvalue weighted by molar-refractivity contribution is 7.89. The first-order chi connectivity index (χ1) is 13.5. The lowest BCUT2D eigenvalue weighted by molar-refractivity contribution is -0.131. The molecule has 2 aromatic rings.